The number of rotatable bonds is 4. The predicted molar refractivity (Wildman–Crippen MR) is 101 cm³/mol. The zero-order valence-corrected chi connectivity index (χ0v) is 14.6. The van der Waals surface area contributed by atoms with Gasteiger partial charge in [-0.3, -0.25) is 9.59 Å². The molecule has 1 amide bonds. The number of anilines is 1. The largest absolute Gasteiger partial charge is 0.322 e. The highest BCUT2D eigenvalue weighted by molar-refractivity contribution is 6.02. The second kappa shape index (κ2) is 7.45. The smallest absolute Gasteiger partial charge is 0.248 e. The van der Waals surface area contributed by atoms with Crippen LogP contribution in [0.25, 0.3) is 6.08 Å². The number of hydrogen-bond donors (Lipinski definition) is 1. The molecule has 25 heavy (non-hydrogen) atoms. The number of carbonyl (C=O) groups is 2. The Bertz CT molecular complexity index is 840. The van der Waals surface area contributed by atoms with Gasteiger partial charge in [0.1, 0.15) is 0 Å². The fraction of sp³-hybridized carbons (Fsp3) is 0.238. The van der Waals surface area contributed by atoms with Gasteiger partial charge in [0, 0.05) is 30.4 Å². The molecule has 4 nitrogen and oxygen atoms in total. The van der Waals surface area contributed by atoms with Gasteiger partial charge < -0.3 is 10.2 Å². The Morgan fingerprint density at radius 3 is 2.76 bits per heavy atom. The molecule has 0 radical (unpaired) electrons. The van der Waals surface area contributed by atoms with Crippen LogP contribution >= 0.6 is 0 Å². The Morgan fingerprint density at radius 1 is 1.16 bits per heavy atom. The number of likely N-dealkylation sites (N-methyl/N-ethyl adjacent to an activating group) is 1. The van der Waals surface area contributed by atoms with Gasteiger partial charge in [0.2, 0.25) is 5.91 Å². The first-order chi connectivity index (χ1) is 12.0. The molecule has 2 aromatic rings. The highest BCUT2D eigenvalue weighted by Gasteiger charge is 2.16. The third-order valence-corrected chi connectivity index (χ3v) is 4.44. The summed E-state index contributed by atoms with van der Waals surface area (Å²) in [4.78, 5) is 26.0. The highest BCUT2D eigenvalue weighted by atomic mass is 16.1. The van der Waals surface area contributed by atoms with Crippen molar-refractivity contribution in [3.8, 4) is 0 Å². The lowest BCUT2D eigenvalue weighted by Crippen LogP contribution is -2.27. The molecule has 0 saturated carbocycles. The number of nitrogens with zero attached hydrogens (tertiary/aromatic N) is 1. The predicted octanol–water partition coefficient (Wildman–Crippen LogP) is 3.53. The van der Waals surface area contributed by atoms with E-state index >= 15 is 0 Å². The molecule has 1 heterocycles. The molecule has 128 valence electrons. The van der Waals surface area contributed by atoms with Crippen molar-refractivity contribution in [2.45, 2.75) is 19.9 Å². The first kappa shape index (κ1) is 17.1. The normalized spacial score (nSPS) is 14.3. The standard InChI is InChI=1S/C21H22N2O2/c1-15(24)17-6-3-5-16(13-17)9-10-21(25)22-20-8-4-7-18-14-23(2)12-11-19(18)20/h3-10,13H,11-12,14H2,1-2H3,(H,22,25)/b10-9+. The molecular weight excluding hydrogens is 312 g/mol. The van der Waals surface area contributed by atoms with Crippen molar-refractivity contribution in [2.24, 2.45) is 0 Å². The van der Waals surface area contributed by atoms with Crippen molar-refractivity contribution in [2.75, 3.05) is 18.9 Å². The lowest BCUT2D eigenvalue weighted by atomic mass is 9.98. The van der Waals surface area contributed by atoms with Gasteiger partial charge in [0.15, 0.2) is 5.78 Å². The van der Waals surface area contributed by atoms with Gasteiger partial charge >= 0.3 is 0 Å². The van der Waals surface area contributed by atoms with E-state index in [0.29, 0.717) is 5.56 Å². The molecule has 0 bridgehead atoms. The summed E-state index contributed by atoms with van der Waals surface area (Å²) in [6.45, 7) is 3.44. The van der Waals surface area contributed by atoms with Gasteiger partial charge in [-0.2, -0.15) is 0 Å². The zero-order valence-electron chi connectivity index (χ0n) is 14.6. The van der Waals surface area contributed by atoms with Crippen molar-refractivity contribution >= 4 is 23.5 Å². The lowest BCUT2D eigenvalue weighted by molar-refractivity contribution is -0.111. The molecule has 0 saturated heterocycles. The monoisotopic (exact) mass is 334 g/mol. The fourth-order valence-corrected chi connectivity index (χ4v) is 3.08. The van der Waals surface area contributed by atoms with E-state index in [9.17, 15) is 9.59 Å². The second-order valence-corrected chi connectivity index (χ2v) is 6.44. The van der Waals surface area contributed by atoms with Gasteiger partial charge in [-0.25, -0.2) is 0 Å². The average molecular weight is 334 g/mol. The quantitative estimate of drug-likeness (QED) is 0.687. The molecule has 4 heteroatoms. The van der Waals surface area contributed by atoms with Crippen LogP contribution < -0.4 is 5.32 Å². The maximum atomic E-state index is 12.3. The number of benzene rings is 2. The highest BCUT2D eigenvalue weighted by Crippen LogP contribution is 2.25. The summed E-state index contributed by atoms with van der Waals surface area (Å²) in [6.07, 6.45) is 4.17. The molecular formula is C21H22N2O2. The Kier molecular flexibility index (Phi) is 5.10. The Balaban J connectivity index is 1.72. The minimum atomic E-state index is -0.166. The van der Waals surface area contributed by atoms with E-state index < -0.39 is 0 Å². The Labute approximate surface area is 148 Å². The number of ketones is 1. The molecule has 1 aliphatic rings. The van der Waals surface area contributed by atoms with Crippen LogP contribution in [0.1, 0.15) is 34.0 Å². The van der Waals surface area contributed by atoms with Crippen molar-refractivity contribution in [1.82, 2.24) is 4.90 Å². The molecule has 0 atom stereocenters. The number of nitrogens with one attached hydrogen (secondary N) is 1. The van der Waals surface area contributed by atoms with E-state index in [1.807, 2.05) is 24.3 Å². The Morgan fingerprint density at radius 2 is 1.96 bits per heavy atom. The number of carbonyl (C=O) groups excluding carboxylic acids is 2. The number of fused-ring (bicyclic) bond motifs is 1. The fourth-order valence-electron chi connectivity index (χ4n) is 3.08. The van der Waals surface area contributed by atoms with E-state index in [1.54, 1.807) is 18.2 Å². The topological polar surface area (TPSA) is 49.4 Å². The van der Waals surface area contributed by atoms with E-state index in [2.05, 4.69) is 23.3 Å². The summed E-state index contributed by atoms with van der Waals surface area (Å²) in [7, 11) is 2.10. The van der Waals surface area contributed by atoms with Crippen LogP contribution in [0.4, 0.5) is 5.69 Å². The molecule has 0 unspecified atom stereocenters. The second-order valence-electron chi connectivity index (χ2n) is 6.44. The van der Waals surface area contributed by atoms with Gasteiger partial charge in [0.25, 0.3) is 0 Å². The van der Waals surface area contributed by atoms with Crippen LogP contribution in [0.2, 0.25) is 0 Å². The van der Waals surface area contributed by atoms with Gasteiger partial charge in [-0.15, -0.1) is 0 Å². The molecule has 1 aliphatic heterocycles. The van der Waals surface area contributed by atoms with E-state index in [1.165, 1.54) is 24.1 Å². The summed E-state index contributed by atoms with van der Waals surface area (Å²) in [5.41, 5.74) is 4.85. The van der Waals surface area contributed by atoms with Crippen LogP contribution in [0, 0.1) is 0 Å². The van der Waals surface area contributed by atoms with Crippen LogP contribution in [0.15, 0.2) is 48.5 Å². The summed E-state index contributed by atoms with van der Waals surface area (Å²) in [5.74, 6) is -0.152. The summed E-state index contributed by atoms with van der Waals surface area (Å²) >= 11 is 0. The summed E-state index contributed by atoms with van der Waals surface area (Å²) in [6, 6.07) is 13.3. The molecule has 2 aromatic carbocycles. The van der Waals surface area contributed by atoms with Crippen LogP contribution in [-0.4, -0.2) is 30.2 Å². The first-order valence-corrected chi connectivity index (χ1v) is 8.42. The van der Waals surface area contributed by atoms with Crippen molar-refractivity contribution < 1.29 is 9.59 Å². The molecule has 0 spiro atoms. The first-order valence-electron chi connectivity index (χ1n) is 8.42. The molecule has 0 aliphatic carbocycles. The van der Waals surface area contributed by atoms with E-state index in [4.69, 9.17) is 0 Å². The molecule has 1 N–H and O–H groups in total. The third kappa shape index (κ3) is 4.22. The SMILES string of the molecule is CC(=O)c1cccc(/C=C/C(=O)Nc2cccc3c2CCN(C)C3)c1. The maximum Gasteiger partial charge on any atom is 0.248 e. The van der Waals surface area contributed by atoms with Crippen molar-refractivity contribution in [3.05, 3.63) is 70.8 Å². The minimum absolute atomic E-state index is 0.0144. The zero-order chi connectivity index (χ0) is 17.8. The van der Waals surface area contributed by atoms with E-state index in [-0.39, 0.29) is 11.7 Å². The minimum Gasteiger partial charge on any atom is -0.322 e. The lowest BCUT2D eigenvalue weighted by Gasteiger charge is -2.26. The molecule has 0 fully saturated rings. The van der Waals surface area contributed by atoms with Gasteiger partial charge in [0.05, 0.1) is 0 Å². The summed E-state index contributed by atoms with van der Waals surface area (Å²) in [5, 5.41) is 2.98. The van der Waals surface area contributed by atoms with Gasteiger partial charge in [-0.05, 0) is 55.3 Å². The van der Waals surface area contributed by atoms with Crippen molar-refractivity contribution in [3.63, 3.8) is 0 Å². The van der Waals surface area contributed by atoms with Crippen LogP contribution in [-0.2, 0) is 17.8 Å². The average Bonchev–Trinajstić information content (AvgIpc) is 2.60. The van der Waals surface area contributed by atoms with Gasteiger partial charge in [-0.1, -0.05) is 30.3 Å². The van der Waals surface area contributed by atoms with E-state index in [0.717, 1.165) is 30.8 Å². The number of amides is 1. The maximum absolute atomic E-state index is 12.3. The van der Waals surface area contributed by atoms with Crippen molar-refractivity contribution in [1.29, 1.82) is 0 Å². The van der Waals surface area contributed by atoms with Crippen LogP contribution in [0.3, 0.4) is 0 Å². The number of hydrogen-bond acceptors (Lipinski definition) is 3. The molecule has 3 rings (SSSR count). The summed E-state index contributed by atoms with van der Waals surface area (Å²) < 4.78 is 0. The Hall–Kier alpha value is -2.72. The third-order valence-electron chi connectivity index (χ3n) is 4.44. The molecule has 0 aromatic heterocycles. The number of Topliss-reactive ketones (excluding diaryl/α,β-unsaturated/α-hetero) is 1. The van der Waals surface area contributed by atoms with Crippen LogP contribution in [0.5, 0.6) is 0 Å².